The molecule has 3 rings (SSSR count). The van der Waals surface area contributed by atoms with Gasteiger partial charge in [0, 0.05) is 18.5 Å². The van der Waals surface area contributed by atoms with Gasteiger partial charge in [0.15, 0.2) is 0 Å². The number of nitrogen functional groups attached to an aromatic ring is 1. The normalized spacial score (nSPS) is 14.4. The van der Waals surface area contributed by atoms with Crippen LogP contribution in [-0.4, -0.2) is 23.7 Å². The molecule has 2 heterocycles. The zero-order chi connectivity index (χ0) is 13.4. The van der Waals surface area contributed by atoms with Crippen LogP contribution in [0.15, 0.2) is 4.52 Å². The number of hydrogen-bond donors (Lipinski definition) is 1. The van der Waals surface area contributed by atoms with Gasteiger partial charge in [-0.1, -0.05) is 0 Å². The van der Waals surface area contributed by atoms with Gasteiger partial charge >= 0.3 is 0 Å². The quantitative estimate of drug-likeness (QED) is 0.935. The van der Waals surface area contributed by atoms with Crippen LogP contribution in [0.3, 0.4) is 0 Å². The standard InChI is InChI=1S/C13H18N4OS/c1-3-17(2)13-15-12(18-16-13)10-8-6-4-5-7-9(8)19-11(10)14/h3-7,14H2,1-2H3. The van der Waals surface area contributed by atoms with Gasteiger partial charge in [-0.05, 0) is 43.3 Å². The summed E-state index contributed by atoms with van der Waals surface area (Å²) in [6.45, 7) is 2.90. The Morgan fingerprint density at radius 3 is 2.95 bits per heavy atom. The van der Waals surface area contributed by atoms with Crippen molar-refractivity contribution in [1.82, 2.24) is 10.1 Å². The highest BCUT2D eigenvalue weighted by molar-refractivity contribution is 7.16. The number of hydrogen-bond acceptors (Lipinski definition) is 6. The number of nitrogens with two attached hydrogens (primary N) is 1. The predicted octanol–water partition coefficient (Wildman–Crippen LogP) is 2.72. The molecule has 5 nitrogen and oxygen atoms in total. The van der Waals surface area contributed by atoms with Crippen LogP contribution in [0, 0.1) is 0 Å². The van der Waals surface area contributed by atoms with E-state index in [9.17, 15) is 0 Å². The number of thiophene rings is 1. The maximum Gasteiger partial charge on any atom is 0.266 e. The predicted molar refractivity (Wildman–Crippen MR) is 77.6 cm³/mol. The van der Waals surface area contributed by atoms with Crippen molar-refractivity contribution in [2.24, 2.45) is 0 Å². The Morgan fingerprint density at radius 1 is 1.37 bits per heavy atom. The van der Waals surface area contributed by atoms with Crippen molar-refractivity contribution >= 4 is 22.3 Å². The lowest BCUT2D eigenvalue weighted by molar-refractivity contribution is 0.430. The molecule has 102 valence electrons. The van der Waals surface area contributed by atoms with Crippen molar-refractivity contribution in [2.75, 3.05) is 24.2 Å². The van der Waals surface area contributed by atoms with E-state index in [-0.39, 0.29) is 0 Å². The van der Waals surface area contributed by atoms with Crippen molar-refractivity contribution in [2.45, 2.75) is 32.6 Å². The zero-order valence-corrected chi connectivity index (χ0v) is 12.1. The molecule has 6 heteroatoms. The lowest BCUT2D eigenvalue weighted by atomic mass is 9.95. The summed E-state index contributed by atoms with van der Waals surface area (Å²) in [4.78, 5) is 7.80. The molecule has 0 aromatic carbocycles. The first-order valence-corrected chi connectivity index (χ1v) is 7.47. The maximum absolute atomic E-state index is 6.15. The number of aryl methyl sites for hydroxylation is 1. The zero-order valence-electron chi connectivity index (χ0n) is 11.3. The monoisotopic (exact) mass is 278 g/mol. The smallest absolute Gasteiger partial charge is 0.266 e. The lowest BCUT2D eigenvalue weighted by Crippen LogP contribution is -2.17. The average molecular weight is 278 g/mol. The first-order chi connectivity index (χ1) is 9.20. The van der Waals surface area contributed by atoms with Crippen molar-refractivity contribution in [3.05, 3.63) is 10.4 Å². The van der Waals surface area contributed by atoms with Gasteiger partial charge in [0.1, 0.15) is 0 Å². The summed E-state index contributed by atoms with van der Waals surface area (Å²) in [6, 6.07) is 0. The second-order valence-corrected chi connectivity index (χ2v) is 6.00. The molecule has 0 atom stereocenters. The van der Waals surface area contributed by atoms with Gasteiger partial charge in [0.05, 0.1) is 10.6 Å². The van der Waals surface area contributed by atoms with Crippen LogP contribution in [0.2, 0.25) is 0 Å². The van der Waals surface area contributed by atoms with Gasteiger partial charge < -0.3 is 15.2 Å². The van der Waals surface area contributed by atoms with E-state index in [2.05, 4.69) is 17.1 Å². The Balaban J connectivity index is 2.02. The minimum absolute atomic E-state index is 0.562. The summed E-state index contributed by atoms with van der Waals surface area (Å²) in [5.41, 5.74) is 8.45. The largest absolute Gasteiger partial charge is 0.390 e. The van der Waals surface area contributed by atoms with Gasteiger partial charge in [0.25, 0.3) is 11.8 Å². The van der Waals surface area contributed by atoms with Crippen molar-refractivity contribution in [3.63, 3.8) is 0 Å². The van der Waals surface area contributed by atoms with E-state index in [1.807, 2.05) is 11.9 Å². The van der Waals surface area contributed by atoms with Gasteiger partial charge in [0.2, 0.25) is 0 Å². The van der Waals surface area contributed by atoms with E-state index < -0.39 is 0 Å². The molecular weight excluding hydrogens is 260 g/mol. The molecule has 1 aliphatic rings. The Bertz CT molecular complexity index is 589. The number of anilines is 2. The van der Waals surface area contributed by atoms with E-state index in [0.717, 1.165) is 30.0 Å². The van der Waals surface area contributed by atoms with E-state index in [4.69, 9.17) is 10.3 Å². The molecule has 0 aliphatic heterocycles. The van der Waals surface area contributed by atoms with Gasteiger partial charge in [-0.2, -0.15) is 4.98 Å². The number of fused-ring (bicyclic) bond motifs is 1. The number of rotatable bonds is 3. The van der Waals surface area contributed by atoms with Gasteiger partial charge in [-0.25, -0.2) is 0 Å². The molecule has 0 saturated heterocycles. The molecule has 0 fully saturated rings. The first-order valence-electron chi connectivity index (χ1n) is 6.66. The van der Waals surface area contributed by atoms with Crippen LogP contribution in [0.4, 0.5) is 10.9 Å². The number of aromatic nitrogens is 2. The van der Waals surface area contributed by atoms with E-state index in [1.165, 1.54) is 23.3 Å². The summed E-state index contributed by atoms with van der Waals surface area (Å²) in [7, 11) is 1.95. The molecule has 0 saturated carbocycles. The average Bonchev–Trinajstić information content (AvgIpc) is 3.00. The molecule has 2 N–H and O–H groups in total. The fraction of sp³-hybridized carbons (Fsp3) is 0.538. The van der Waals surface area contributed by atoms with Crippen molar-refractivity contribution in [3.8, 4) is 11.5 Å². The number of nitrogens with zero attached hydrogens (tertiary/aromatic N) is 3. The summed E-state index contributed by atoms with van der Waals surface area (Å²) in [6.07, 6.45) is 4.66. The van der Waals surface area contributed by atoms with Crippen LogP contribution >= 0.6 is 11.3 Å². The molecule has 1 aliphatic carbocycles. The van der Waals surface area contributed by atoms with Gasteiger partial charge in [-0.15, -0.1) is 11.3 Å². The molecule has 0 bridgehead atoms. The molecule has 0 spiro atoms. The second kappa shape index (κ2) is 4.85. The Hall–Kier alpha value is -1.56. The van der Waals surface area contributed by atoms with E-state index in [1.54, 1.807) is 11.3 Å². The minimum Gasteiger partial charge on any atom is -0.390 e. The first kappa shape index (κ1) is 12.5. The van der Waals surface area contributed by atoms with Crippen LogP contribution in [0.25, 0.3) is 11.5 Å². The highest BCUT2D eigenvalue weighted by atomic mass is 32.1. The van der Waals surface area contributed by atoms with Crippen molar-refractivity contribution in [1.29, 1.82) is 0 Å². The van der Waals surface area contributed by atoms with Crippen molar-refractivity contribution < 1.29 is 4.52 Å². The fourth-order valence-corrected chi connectivity index (χ4v) is 3.59. The second-order valence-electron chi connectivity index (χ2n) is 4.86. The molecule has 0 amide bonds. The Kier molecular flexibility index (Phi) is 3.18. The summed E-state index contributed by atoms with van der Waals surface area (Å²) in [5, 5.41) is 4.83. The third-order valence-electron chi connectivity index (χ3n) is 3.64. The summed E-state index contributed by atoms with van der Waals surface area (Å²) in [5.74, 6) is 1.18. The maximum atomic E-state index is 6.15. The van der Waals surface area contributed by atoms with E-state index in [0.29, 0.717) is 11.8 Å². The van der Waals surface area contributed by atoms with Gasteiger partial charge in [-0.3, -0.25) is 0 Å². The molecule has 2 aromatic rings. The summed E-state index contributed by atoms with van der Waals surface area (Å²) < 4.78 is 5.40. The van der Waals surface area contributed by atoms with Crippen LogP contribution in [0.5, 0.6) is 0 Å². The molecule has 2 aromatic heterocycles. The topological polar surface area (TPSA) is 68.2 Å². The molecule has 0 radical (unpaired) electrons. The van der Waals surface area contributed by atoms with E-state index >= 15 is 0 Å². The molecular formula is C13H18N4OS. The highest BCUT2D eigenvalue weighted by Gasteiger charge is 2.24. The van der Waals surface area contributed by atoms with Crippen LogP contribution < -0.4 is 10.6 Å². The summed E-state index contributed by atoms with van der Waals surface area (Å²) >= 11 is 1.67. The third kappa shape index (κ3) is 2.10. The highest BCUT2D eigenvalue weighted by Crippen LogP contribution is 2.42. The van der Waals surface area contributed by atoms with Crippen LogP contribution in [-0.2, 0) is 12.8 Å². The molecule has 0 unspecified atom stereocenters. The van der Waals surface area contributed by atoms with Crippen LogP contribution in [0.1, 0.15) is 30.2 Å². The lowest BCUT2D eigenvalue weighted by Gasteiger charge is -2.11. The molecule has 19 heavy (non-hydrogen) atoms. The minimum atomic E-state index is 0.562. The third-order valence-corrected chi connectivity index (χ3v) is 4.76. The fourth-order valence-electron chi connectivity index (χ4n) is 2.44. The Morgan fingerprint density at radius 2 is 2.16 bits per heavy atom. The Labute approximate surface area is 116 Å². The SMILES string of the molecule is CCN(C)c1noc(-c2c(N)sc3c2CCCC3)n1.